The molecule has 2 nitrogen and oxygen atoms in total. The highest BCUT2D eigenvalue weighted by atomic mass is 127. The summed E-state index contributed by atoms with van der Waals surface area (Å²) in [5, 5.41) is 2.69. The number of amides is 1. The van der Waals surface area contributed by atoms with Crippen molar-refractivity contribution in [3.05, 3.63) is 68.8 Å². The average Bonchev–Trinajstić information content (AvgIpc) is 2.39. The van der Waals surface area contributed by atoms with Gasteiger partial charge in [0.05, 0.1) is 6.04 Å². The quantitative estimate of drug-likeness (QED) is 0.791. The summed E-state index contributed by atoms with van der Waals surface area (Å²) in [6, 6.07) is 9.81. The Morgan fingerprint density at radius 1 is 1.15 bits per heavy atom. The first kappa shape index (κ1) is 14.9. The van der Waals surface area contributed by atoms with E-state index in [1.54, 1.807) is 19.1 Å². The topological polar surface area (TPSA) is 29.1 Å². The fourth-order valence-electron chi connectivity index (χ4n) is 1.81. The first-order valence-electron chi connectivity index (χ1n) is 5.99. The first-order valence-corrected chi connectivity index (χ1v) is 7.06. The molecule has 1 atom stereocenters. The molecule has 0 heterocycles. The van der Waals surface area contributed by atoms with E-state index in [1.807, 2.05) is 12.1 Å². The molecule has 0 aliphatic heterocycles. The van der Waals surface area contributed by atoms with Gasteiger partial charge in [-0.3, -0.25) is 4.79 Å². The van der Waals surface area contributed by atoms with Crippen molar-refractivity contribution in [2.24, 2.45) is 0 Å². The largest absolute Gasteiger partial charge is 0.345 e. The summed E-state index contributed by atoms with van der Waals surface area (Å²) in [6.07, 6.45) is 0. The second-order valence-electron chi connectivity index (χ2n) is 4.37. The summed E-state index contributed by atoms with van der Waals surface area (Å²) in [7, 11) is 0. The Morgan fingerprint density at radius 2 is 1.80 bits per heavy atom. The number of carbonyl (C=O) groups is 1. The van der Waals surface area contributed by atoms with Gasteiger partial charge in [0.1, 0.15) is 11.6 Å². The standard InChI is InChI=1S/C15H12F2INO/c1-9(13-7-4-11(16)8-14(13)17)19-15(20)10-2-5-12(18)6-3-10/h2-9H,1H3,(H,19,20). The molecule has 0 saturated heterocycles. The molecule has 0 radical (unpaired) electrons. The Bertz CT molecular complexity index is 628. The highest BCUT2D eigenvalue weighted by molar-refractivity contribution is 14.1. The highest BCUT2D eigenvalue weighted by Crippen LogP contribution is 2.18. The number of hydrogen-bond donors (Lipinski definition) is 1. The van der Waals surface area contributed by atoms with Crippen molar-refractivity contribution in [3.8, 4) is 0 Å². The van der Waals surface area contributed by atoms with Crippen molar-refractivity contribution in [3.63, 3.8) is 0 Å². The van der Waals surface area contributed by atoms with Crippen LogP contribution in [0.2, 0.25) is 0 Å². The number of hydrogen-bond acceptors (Lipinski definition) is 1. The summed E-state index contributed by atoms with van der Waals surface area (Å²) >= 11 is 2.15. The van der Waals surface area contributed by atoms with Crippen LogP contribution in [0.15, 0.2) is 42.5 Å². The summed E-state index contributed by atoms with van der Waals surface area (Å²) in [6.45, 7) is 1.65. The number of halogens is 3. The van der Waals surface area contributed by atoms with E-state index >= 15 is 0 Å². The van der Waals surface area contributed by atoms with Gasteiger partial charge in [0.25, 0.3) is 5.91 Å². The fourth-order valence-corrected chi connectivity index (χ4v) is 2.17. The van der Waals surface area contributed by atoms with Gasteiger partial charge in [-0.25, -0.2) is 8.78 Å². The van der Waals surface area contributed by atoms with Crippen LogP contribution in [-0.2, 0) is 0 Å². The van der Waals surface area contributed by atoms with Gasteiger partial charge in [-0.15, -0.1) is 0 Å². The SMILES string of the molecule is CC(NC(=O)c1ccc(I)cc1)c1ccc(F)cc1F. The van der Waals surface area contributed by atoms with Crippen LogP contribution in [0.25, 0.3) is 0 Å². The van der Waals surface area contributed by atoms with Crippen LogP contribution in [-0.4, -0.2) is 5.91 Å². The lowest BCUT2D eigenvalue weighted by molar-refractivity contribution is 0.0939. The van der Waals surface area contributed by atoms with Gasteiger partial charge in [-0.05, 0) is 59.8 Å². The van der Waals surface area contributed by atoms with Crippen LogP contribution >= 0.6 is 22.6 Å². The summed E-state index contributed by atoms with van der Waals surface area (Å²) in [4.78, 5) is 12.0. The van der Waals surface area contributed by atoms with Crippen LogP contribution < -0.4 is 5.32 Å². The van der Waals surface area contributed by atoms with Gasteiger partial charge >= 0.3 is 0 Å². The predicted molar refractivity (Wildman–Crippen MR) is 81.4 cm³/mol. The van der Waals surface area contributed by atoms with E-state index in [2.05, 4.69) is 27.9 Å². The van der Waals surface area contributed by atoms with E-state index in [1.165, 1.54) is 12.1 Å². The Morgan fingerprint density at radius 3 is 2.40 bits per heavy atom. The third kappa shape index (κ3) is 3.53. The minimum absolute atomic E-state index is 0.255. The van der Waals surface area contributed by atoms with E-state index < -0.39 is 17.7 Å². The zero-order valence-electron chi connectivity index (χ0n) is 10.7. The van der Waals surface area contributed by atoms with Gasteiger partial charge in [-0.1, -0.05) is 6.07 Å². The van der Waals surface area contributed by atoms with Crippen LogP contribution in [0.5, 0.6) is 0 Å². The normalized spacial score (nSPS) is 12.0. The van der Waals surface area contributed by atoms with E-state index in [0.717, 1.165) is 9.64 Å². The maximum atomic E-state index is 13.6. The van der Waals surface area contributed by atoms with Crippen molar-refractivity contribution in [1.29, 1.82) is 0 Å². The third-order valence-corrected chi connectivity index (χ3v) is 3.60. The molecule has 2 aromatic carbocycles. The average molecular weight is 387 g/mol. The molecule has 2 rings (SSSR count). The maximum Gasteiger partial charge on any atom is 0.251 e. The molecule has 104 valence electrons. The van der Waals surface area contributed by atoms with Gasteiger partial charge in [0, 0.05) is 20.8 Å². The van der Waals surface area contributed by atoms with Crippen LogP contribution in [0, 0.1) is 15.2 Å². The minimum atomic E-state index is -0.666. The van der Waals surface area contributed by atoms with E-state index in [0.29, 0.717) is 5.56 Å². The summed E-state index contributed by atoms with van der Waals surface area (Å²) in [5.74, 6) is -1.60. The van der Waals surface area contributed by atoms with Crippen molar-refractivity contribution in [1.82, 2.24) is 5.32 Å². The van der Waals surface area contributed by atoms with Crippen LogP contribution in [0.1, 0.15) is 28.9 Å². The molecule has 5 heteroatoms. The fraction of sp³-hybridized carbons (Fsp3) is 0.133. The lowest BCUT2D eigenvalue weighted by Crippen LogP contribution is -2.27. The van der Waals surface area contributed by atoms with Crippen molar-refractivity contribution < 1.29 is 13.6 Å². The molecule has 0 saturated carbocycles. The zero-order chi connectivity index (χ0) is 14.7. The molecule has 0 aromatic heterocycles. The van der Waals surface area contributed by atoms with E-state index in [-0.39, 0.29) is 11.5 Å². The van der Waals surface area contributed by atoms with Crippen molar-refractivity contribution >= 4 is 28.5 Å². The van der Waals surface area contributed by atoms with E-state index in [4.69, 9.17) is 0 Å². The Balaban J connectivity index is 2.12. The molecule has 0 fully saturated rings. The molecule has 0 aliphatic carbocycles. The molecule has 0 spiro atoms. The second-order valence-corrected chi connectivity index (χ2v) is 5.61. The lowest BCUT2D eigenvalue weighted by atomic mass is 10.1. The second kappa shape index (κ2) is 6.30. The summed E-state index contributed by atoms with van der Waals surface area (Å²) < 4.78 is 27.5. The minimum Gasteiger partial charge on any atom is -0.345 e. The molecule has 20 heavy (non-hydrogen) atoms. The van der Waals surface area contributed by atoms with Gasteiger partial charge in [0.2, 0.25) is 0 Å². The van der Waals surface area contributed by atoms with Crippen molar-refractivity contribution in [2.45, 2.75) is 13.0 Å². The number of carbonyl (C=O) groups excluding carboxylic acids is 1. The molecule has 1 unspecified atom stereocenters. The Labute approximate surface area is 129 Å². The molecule has 0 aliphatic rings. The van der Waals surface area contributed by atoms with E-state index in [9.17, 15) is 13.6 Å². The van der Waals surface area contributed by atoms with Gasteiger partial charge in [0.15, 0.2) is 0 Å². The maximum absolute atomic E-state index is 13.6. The lowest BCUT2D eigenvalue weighted by Gasteiger charge is -2.15. The number of rotatable bonds is 3. The van der Waals surface area contributed by atoms with Crippen molar-refractivity contribution in [2.75, 3.05) is 0 Å². The third-order valence-electron chi connectivity index (χ3n) is 2.88. The Kier molecular flexibility index (Phi) is 4.69. The van der Waals surface area contributed by atoms with Crippen LogP contribution in [0.4, 0.5) is 8.78 Å². The Hall–Kier alpha value is -1.50. The molecular formula is C15H12F2INO. The van der Waals surface area contributed by atoms with Crippen LogP contribution in [0.3, 0.4) is 0 Å². The molecule has 1 N–H and O–H groups in total. The summed E-state index contributed by atoms with van der Waals surface area (Å²) in [5.41, 5.74) is 0.755. The van der Waals surface area contributed by atoms with Gasteiger partial charge in [-0.2, -0.15) is 0 Å². The highest BCUT2D eigenvalue weighted by Gasteiger charge is 2.15. The molecule has 1 amide bonds. The monoisotopic (exact) mass is 387 g/mol. The predicted octanol–water partition coefficient (Wildman–Crippen LogP) is 4.06. The van der Waals surface area contributed by atoms with Gasteiger partial charge < -0.3 is 5.32 Å². The smallest absolute Gasteiger partial charge is 0.251 e. The molecule has 0 bridgehead atoms. The zero-order valence-corrected chi connectivity index (χ0v) is 12.8. The molecule has 2 aromatic rings. The number of benzene rings is 2. The molecular weight excluding hydrogens is 375 g/mol. The first-order chi connectivity index (χ1) is 9.47. The number of nitrogens with one attached hydrogen (secondary N) is 1.